The van der Waals surface area contributed by atoms with E-state index in [1.807, 2.05) is 54.2 Å². The van der Waals surface area contributed by atoms with E-state index < -0.39 is 21.9 Å². The molecule has 0 radical (unpaired) electrons. The van der Waals surface area contributed by atoms with Crippen LogP contribution in [0.1, 0.15) is 53.7 Å². The van der Waals surface area contributed by atoms with Crippen molar-refractivity contribution >= 4 is 21.6 Å². The lowest BCUT2D eigenvalue weighted by atomic mass is 9.87. The first-order chi connectivity index (χ1) is 19.3. The van der Waals surface area contributed by atoms with Gasteiger partial charge in [0.1, 0.15) is 11.6 Å². The smallest absolute Gasteiger partial charge is 0.241 e. The first-order valence-corrected chi connectivity index (χ1v) is 15.0. The second-order valence-electron chi connectivity index (χ2n) is 10.6. The lowest BCUT2D eigenvalue weighted by Crippen LogP contribution is -2.34. The molecule has 0 aliphatic heterocycles. The van der Waals surface area contributed by atoms with Crippen LogP contribution in [0.2, 0.25) is 0 Å². The summed E-state index contributed by atoms with van der Waals surface area (Å²) in [5, 5.41) is 0. The number of aryl methyl sites for hydroxylation is 2. The van der Waals surface area contributed by atoms with E-state index in [1.165, 1.54) is 18.2 Å². The maximum absolute atomic E-state index is 14.0. The fourth-order valence-corrected chi connectivity index (χ4v) is 6.97. The molecule has 0 bridgehead atoms. The highest BCUT2D eigenvalue weighted by Crippen LogP contribution is 2.49. The van der Waals surface area contributed by atoms with E-state index in [0.717, 1.165) is 47.8 Å². The van der Waals surface area contributed by atoms with E-state index in [2.05, 4.69) is 21.8 Å². The molecule has 3 atom stereocenters. The van der Waals surface area contributed by atoms with E-state index in [1.54, 1.807) is 11.1 Å². The van der Waals surface area contributed by atoms with E-state index in [0.29, 0.717) is 18.7 Å². The number of nitrogens with zero attached hydrogens (tertiary/aromatic N) is 3. The summed E-state index contributed by atoms with van der Waals surface area (Å²) >= 11 is 0. The third-order valence-corrected chi connectivity index (χ3v) is 9.45. The normalized spacial score (nSPS) is 20.1. The summed E-state index contributed by atoms with van der Waals surface area (Å²) < 4.78 is 44.8. The first kappa shape index (κ1) is 26.4. The van der Waals surface area contributed by atoms with Crippen LogP contribution < -0.4 is 9.62 Å². The zero-order chi connectivity index (χ0) is 27.9. The summed E-state index contributed by atoms with van der Waals surface area (Å²) in [5.41, 5.74) is 3.76. The van der Waals surface area contributed by atoms with Gasteiger partial charge in [0.2, 0.25) is 15.9 Å². The summed E-state index contributed by atoms with van der Waals surface area (Å²) in [6.45, 7) is 0.304. The highest BCUT2D eigenvalue weighted by molar-refractivity contribution is 7.89. The molecule has 1 amide bonds. The Morgan fingerprint density at radius 2 is 1.93 bits per heavy atom. The third-order valence-electron chi connectivity index (χ3n) is 7.98. The molecule has 1 aromatic heterocycles. The number of imidazole rings is 1. The monoisotopic (exact) mass is 558 g/mol. The van der Waals surface area contributed by atoms with Gasteiger partial charge in [-0.3, -0.25) is 4.79 Å². The minimum absolute atomic E-state index is 0.0319. The second-order valence-corrected chi connectivity index (χ2v) is 12.4. The van der Waals surface area contributed by atoms with Crippen LogP contribution in [0, 0.1) is 11.7 Å². The zero-order valence-electron chi connectivity index (χ0n) is 22.2. The van der Waals surface area contributed by atoms with Crippen LogP contribution >= 0.6 is 0 Å². The number of hydrogen-bond acceptors (Lipinski definition) is 4. The minimum atomic E-state index is -3.95. The molecular formula is C31H31FN4O3S. The Morgan fingerprint density at radius 1 is 1.10 bits per heavy atom. The Hall–Kier alpha value is -3.82. The maximum atomic E-state index is 14.0. The van der Waals surface area contributed by atoms with Crippen molar-refractivity contribution in [3.8, 4) is 0 Å². The SMILES string of the molecule is Cn1ccnc1CN(C(=O)[C@H]1C[C@H]1c1ccccc1)c1ccc2c(c1)[C@H](NS(=O)(=O)c1cccc(F)c1)CCC2. The molecule has 0 unspecified atom stereocenters. The van der Waals surface area contributed by atoms with Gasteiger partial charge in [0.25, 0.3) is 0 Å². The Labute approximate surface area is 233 Å². The molecule has 1 N–H and O–H groups in total. The quantitative estimate of drug-likeness (QED) is 0.320. The number of rotatable bonds is 8. The summed E-state index contributed by atoms with van der Waals surface area (Å²) in [7, 11) is -2.04. The summed E-state index contributed by atoms with van der Waals surface area (Å²) in [6, 6.07) is 20.5. The number of benzene rings is 3. The van der Waals surface area contributed by atoms with E-state index in [4.69, 9.17) is 0 Å². The van der Waals surface area contributed by atoms with Crippen LogP contribution in [0.15, 0.2) is 90.1 Å². The molecule has 40 heavy (non-hydrogen) atoms. The molecule has 7 nitrogen and oxygen atoms in total. The van der Waals surface area contributed by atoms with Gasteiger partial charge in [0.15, 0.2) is 0 Å². The van der Waals surface area contributed by atoms with E-state index in [9.17, 15) is 17.6 Å². The predicted octanol–water partition coefficient (Wildman–Crippen LogP) is 5.25. The number of carbonyl (C=O) groups is 1. The second kappa shape index (κ2) is 10.6. The van der Waals surface area contributed by atoms with Gasteiger partial charge in [-0.05, 0) is 78.6 Å². The number of halogens is 1. The van der Waals surface area contributed by atoms with Crippen molar-refractivity contribution in [1.82, 2.24) is 14.3 Å². The molecule has 3 aromatic carbocycles. The lowest BCUT2D eigenvalue weighted by Gasteiger charge is -2.29. The summed E-state index contributed by atoms with van der Waals surface area (Å²) in [4.78, 5) is 20.1. The molecule has 1 saturated carbocycles. The van der Waals surface area contributed by atoms with Gasteiger partial charge in [-0.2, -0.15) is 0 Å². The van der Waals surface area contributed by atoms with E-state index in [-0.39, 0.29) is 22.6 Å². The summed E-state index contributed by atoms with van der Waals surface area (Å²) in [6.07, 6.45) is 6.61. The van der Waals surface area contributed by atoms with Gasteiger partial charge >= 0.3 is 0 Å². The summed E-state index contributed by atoms with van der Waals surface area (Å²) in [5.74, 6) is 0.240. The van der Waals surface area contributed by atoms with Gasteiger partial charge in [0.05, 0.1) is 11.4 Å². The molecule has 9 heteroatoms. The number of amides is 1. The van der Waals surface area contributed by atoms with Crippen molar-refractivity contribution in [2.24, 2.45) is 13.0 Å². The van der Waals surface area contributed by atoms with Crippen molar-refractivity contribution < 1.29 is 17.6 Å². The molecule has 1 fully saturated rings. The highest BCUT2D eigenvalue weighted by Gasteiger charge is 2.46. The van der Waals surface area contributed by atoms with Gasteiger partial charge in [0, 0.05) is 37.1 Å². The Morgan fingerprint density at radius 3 is 2.67 bits per heavy atom. The maximum Gasteiger partial charge on any atom is 0.241 e. The number of fused-ring (bicyclic) bond motifs is 1. The molecule has 2 aliphatic rings. The molecule has 206 valence electrons. The average Bonchev–Trinajstić information content (AvgIpc) is 3.66. The van der Waals surface area contributed by atoms with Crippen LogP contribution in [-0.2, 0) is 34.8 Å². The number of hydrogen-bond donors (Lipinski definition) is 1. The van der Waals surface area contributed by atoms with Crippen LogP contribution in [0.3, 0.4) is 0 Å². The largest absolute Gasteiger partial charge is 0.337 e. The van der Waals surface area contributed by atoms with Crippen LogP contribution in [0.4, 0.5) is 10.1 Å². The van der Waals surface area contributed by atoms with Gasteiger partial charge in [-0.25, -0.2) is 22.5 Å². The molecule has 0 saturated heterocycles. The number of sulfonamides is 1. The Kier molecular flexibility index (Phi) is 7.02. The lowest BCUT2D eigenvalue weighted by molar-refractivity contribution is -0.120. The van der Waals surface area contributed by atoms with Crippen molar-refractivity contribution in [2.75, 3.05) is 4.90 Å². The standard InChI is InChI=1S/C31H31FN4O3S/c1-35-16-15-33-30(35)20-36(31(37)28-19-26(28)21-7-3-2-4-8-21)24-14-13-22-9-5-12-29(27(22)18-24)34-40(38,39)25-11-6-10-23(32)17-25/h2-4,6-8,10-11,13-18,26,28-29,34H,5,9,12,19-20H2,1H3/t26-,28-,29+/m0/s1. The van der Waals surface area contributed by atoms with Crippen LogP contribution in [0.5, 0.6) is 0 Å². The number of anilines is 1. The fraction of sp³-hybridized carbons (Fsp3) is 0.290. The van der Waals surface area contributed by atoms with Crippen molar-refractivity contribution in [3.63, 3.8) is 0 Å². The fourth-order valence-electron chi connectivity index (χ4n) is 5.69. The molecule has 1 heterocycles. The van der Waals surface area contributed by atoms with Crippen molar-refractivity contribution in [2.45, 2.75) is 49.1 Å². The van der Waals surface area contributed by atoms with Crippen LogP contribution in [-0.4, -0.2) is 23.9 Å². The Balaban J connectivity index is 1.32. The van der Waals surface area contributed by atoms with Gasteiger partial charge in [-0.15, -0.1) is 0 Å². The molecular weight excluding hydrogens is 527 g/mol. The molecule has 6 rings (SSSR count). The number of carbonyl (C=O) groups excluding carboxylic acids is 1. The topological polar surface area (TPSA) is 84.3 Å². The highest BCUT2D eigenvalue weighted by atomic mass is 32.2. The predicted molar refractivity (Wildman–Crippen MR) is 151 cm³/mol. The van der Waals surface area contributed by atoms with Crippen molar-refractivity contribution in [3.05, 3.63) is 114 Å². The van der Waals surface area contributed by atoms with Gasteiger partial charge in [-0.1, -0.05) is 42.5 Å². The van der Waals surface area contributed by atoms with E-state index >= 15 is 0 Å². The molecule has 4 aromatic rings. The third kappa shape index (κ3) is 5.31. The number of nitrogens with one attached hydrogen (secondary N) is 1. The molecule has 2 aliphatic carbocycles. The Bertz CT molecular complexity index is 1650. The number of aromatic nitrogens is 2. The minimum Gasteiger partial charge on any atom is -0.337 e. The van der Waals surface area contributed by atoms with Crippen LogP contribution in [0.25, 0.3) is 0 Å². The van der Waals surface area contributed by atoms with Crippen molar-refractivity contribution in [1.29, 1.82) is 0 Å². The van der Waals surface area contributed by atoms with Gasteiger partial charge < -0.3 is 9.47 Å². The first-order valence-electron chi connectivity index (χ1n) is 13.5. The zero-order valence-corrected chi connectivity index (χ0v) is 23.0. The average molecular weight is 559 g/mol. The molecule has 0 spiro atoms.